The van der Waals surface area contributed by atoms with E-state index >= 15 is 0 Å². The highest BCUT2D eigenvalue weighted by molar-refractivity contribution is 7.92. The molecule has 0 aliphatic carbocycles. The van der Waals surface area contributed by atoms with Gasteiger partial charge in [-0.3, -0.25) is 13.9 Å². The lowest BCUT2D eigenvalue weighted by atomic mass is 10.1. The summed E-state index contributed by atoms with van der Waals surface area (Å²) in [5.41, 5.74) is 1.27. The Balaban J connectivity index is 2.26. The monoisotopic (exact) mass is 547 g/mol. The van der Waals surface area contributed by atoms with Gasteiger partial charge in [0, 0.05) is 26.1 Å². The molecule has 1 N–H and O–H groups in total. The predicted molar refractivity (Wildman–Crippen MR) is 150 cm³/mol. The van der Waals surface area contributed by atoms with Gasteiger partial charge in [-0.25, -0.2) is 8.42 Å². The maximum Gasteiger partial charge on any atom is 0.242 e. The lowest BCUT2D eigenvalue weighted by Gasteiger charge is -2.31. The molecule has 9 nitrogen and oxygen atoms in total. The number of sulfonamides is 1. The van der Waals surface area contributed by atoms with Crippen molar-refractivity contribution in [3.63, 3.8) is 0 Å². The molecule has 38 heavy (non-hydrogen) atoms. The van der Waals surface area contributed by atoms with Crippen LogP contribution < -0.4 is 19.1 Å². The van der Waals surface area contributed by atoms with Gasteiger partial charge in [0.2, 0.25) is 21.8 Å². The van der Waals surface area contributed by atoms with Gasteiger partial charge in [0.25, 0.3) is 0 Å². The molecule has 0 aliphatic heterocycles. The quantitative estimate of drug-likeness (QED) is 0.341. The lowest BCUT2D eigenvalue weighted by Crippen LogP contribution is -2.49. The molecule has 0 saturated heterocycles. The fourth-order valence-electron chi connectivity index (χ4n) is 4.18. The van der Waals surface area contributed by atoms with Crippen LogP contribution in [0.1, 0.15) is 52.0 Å². The molecule has 2 rings (SSSR count). The van der Waals surface area contributed by atoms with Crippen molar-refractivity contribution in [3.8, 4) is 11.5 Å². The van der Waals surface area contributed by atoms with Gasteiger partial charge in [-0.1, -0.05) is 38.1 Å². The van der Waals surface area contributed by atoms with Crippen LogP contribution in [0, 0.1) is 0 Å². The zero-order valence-electron chi connectivity index (χ0n) is 23.1. The molecule has 2 aromatic rings. The second-order valence-corrected chi connectivity index (χ2v) is 10.8. The van der Waals surface area contributed by atoms with E-state index in [-0.39, 0.29) is 37.7 Å². The molecule has 1 atom stereocenters. The average molecular weight is 548 g/mol. The van der Waals surface area contributed by atoms with Crippen molar-refractivity contribution in [1.82, 2.24) is 10.2 Å². The average Bonchev–Trinajstić information content (AvgIpc) is 2.89. The molecule has 0 radical (unpaired) electrons. The van der Waals surface area contributed by atoms with E-state index in [1.54, 1.807) is 36.3 Å². The first-order valence-electron chi connectivity index (χ1n) is 13.1. The summed E-state index contributed by atoms with van der Waals surface area (Å²) in [6.45, 7) is 6.93. The third-order valence-corrected chi connectivity index (χ3v) is 7.19. The number of para-hydroxylation sites is 2. The number of rotatable bonds is 16. The van der Waals surface area contributed by atoms with Gasteiger partial charge < -0.3 is 19.7 Å². The van der Waals surface area contributed by atoms with Crippen molar-refractivity contribution in [2.24, 2.45) is 0 Å². The number of benzene rings is 2. The highest BCUT2D eigenvalue weighted by Gasteiger charge is 2.29. The zero-order valence-corrected chi connectivity index (χ0v) is 23.9. The number of anilines is 1. The van der Waals surface area contributed by atoms with Crippen LogP contribution in [0.2, 0.25) is 0 Å². The van der Waals surface area contributed by atoms with E-state index in [1.165, 1.54) is 4.31 Å². The van der Waals surface area contributed by atoms with Crippen molar-refractivity contribution in [1.29, 1.82) is 0 Å². The number of nitrogens with zero attached hydrogens (tertiary/aromatic N) is 2. The maximum atomic E-state index is 13.5. The Kier molecular flexibility index (Phi) is 12.4. The van der Waals surface area contributed by atoms with E-state index in [4.69, 9.17) is 9.47 Å². The SMILES string of the molecule is CCCNC(=O)C(CC)N(Cc1cccc(OC)c1)C(=O)CCCN(c1ccccc1OCC)S(C)(=O)=O. The van der Waals surface area contributed by atoms with E-state index in [0.29, 0.717) is 36.8 Å². The largest absolute Gasteiger partial charge is 0.497 e. The first-order chi connectivity index (χ1) is 18.2. The molecule has 2 aromatic carbocycles. The van der Waals surface area contributed by atoms with Gasteiger partial charge in [-0.2, -0.15) is 0 Å². The van der Waals surface area contributed by atoms with Crippen LogP contribution in [-0.4, -0.2) is 64.2 Å². The number of amides is 2. The number of hydrogen-bond donors (Lipinski definition) is 1. The maximum absolute atomic E-state index is 13.5. The fraction of sp³-hybridized carbons (Fsp3) is 0.500. The highest BCUT2D eigenvalue weighted by atomic mass is 32.2. The summed E-state index contributed by atoms with van der Waals surface area (Å²) in [4.78, 5) is 28.1. The molecule has 0 saturated carbocycles. The van der Waals surface area contributed by atoms with E-state index in [0.717, 1.165) is 18.2 Å². The van der Waals surface area contributed by atoms with E-state index in [9.17, 15) is 18.0 Å². The topological polar surface area (TPSA) is 105 Å². The standard InChI is InChI=1S/C28H41N3O6S/c1-6-18-29-28(33)24(7-2)30(21-22-13-11-14-23(20-22)36-4)27(32)17-12-19-31(38(5,34)35)25-15-9-10-16-26(25)37-8-3/h9-11,13-16,20,24H,6-8,12,17-19,21H2,1-5H3,(H,29,33). The number of hydrogen-bond acceptors (Lipinski definition) is 6. The van der Waals surface area contributed by atoms with E-state index in [2.05, 4.69) is 5.32 Å². The summed E-state index contributed by atoms with van der Waals surface area (Å²) < 4.78 is 37.5. The van der Waals surface area contributed by atoms with E-state index in [1.807, 2.05) is 45.0 Å². The number of nitrogens with one attached hydrogen (secondary N) is 1. The van der Waals surface area contributed by atoms with Crippen LogP contribution >= 0.6 is 0 Å². The normalized spacial score (nSPS) is 11.9. The van der Waals surface area contributed by atoms with Crippen LogP contribution in [0.5, 0.6) is 11.5 Å². The van der Waals surface area contributed by atoms with Crippen LogP contribution in [0.3, 0.4) is 0 Å². The molecule has 0 spiro atoms. The molecule has 0 aromatic heterocycles. The van der Waals surface area contributed by atoms with Crippen LogP contribution in [0.25, 0.3) is 0 Å². The van der Waals surface area contributed by atoms with Gasteiger partial charge in [-0.15, -0.1) is 0 Å². The molecule has 210 valence electrons. The molecular weight excluding hydrogens is 506 g/mol. The van der Waals surface area contributed by atoms with Crippen LogP contribution in [0.4, 0.5) is 5.69 Å². The molecule has 0 heterocycles. The summed E-state index contributed by atoms with van der Waals surface area (Å²) in [6.07, 6.45) is 2.72. The van der Waals surface area contributed by atoms with Crippen LogP contribution in [0.15, 0.2) is 48.5 Å². The third kappa shape index (κ3) is 8.93. The smallest absolute Gasteiger partial charge is 0.242 e. The summed E-state index contributed by atoms with van der Waals surface area (Å²) in [7, 11) is -2.05. The molecule has 2 amide bonds. The Labute approximate surface area is 227 Å². The van der Waals surface area contributed by atoms with Gasteiger partial charge >= 0.3 is 0 Å². The number of ether oxygens (including phenoxy) is 2. The van der Waals surface area contributed by atoms with Crippen molar-refractivity contribution in [2.75, 3.05) is 37.4 Å². The molecule has 0 aliphatic rings. The minimum absolute atomic E-state index is 0.0738. The Hall–Kier alpha value is -3.27. The minimum atomic E-state index is -3.63. The summed E-state index contributed by atoms with van der Waals surface area (Å²) in [5, 5.41) is 2.90. The fourth-order valence-corrected chi connectivity index (χ4v) is 5.15. The molecule has 10 heteroatoms. The Morgan fingerprint density at radius 2 is 1.79 bits per heavy atom. The van der Waals surface area contributed by atoms with Crippen molar-refractivity contribution in [2.45, 2.75) is 59.0 Å². The van der Waals surface area contributed by atoms with Crippen molar-refractivity contribution < 1.29 is 27.5 Å². The van der Waals surface area contributed by atoms with Crippen molar-refractivity contribution in [3.05, 3.63) is 54.1 Å². The summed E-state index contributed by atoms with van der Waals surface area (Å²) in [6, 6.07) is 13.7. The highest BCUT2D eigenvalue weighted by Crippen LogP contribution is 2.30. The molecule has 0 fully saturated rings. The van der Waals surface area contributed by atoms with Gasteiger partial charge in [0.15, 0.2) is 0 Å². The molecule has 0 bridgehead atoms. The number of carbonyl (C=O) groups excluding carboxylic acids is 2. The zero-order chi connectivity index (χ0) is 28.1. The number of methoxy groups -OCH3 is 1. The Morgan fingerprint density at radius 3 is 2.42 bits per heavy atom. The summed E-state index contributed by atoms with van der Waals surface area (Å²) in [5.74, 6) is 0.701. The van der Waals surface area contributed by atoms with E-state index < -0.39 is 16.1 Å². The van der Waals surface area contributed by atoms with Gasteiger partial charge in [-0.05, 0) is 56.0 Å². The third-order valence-electron chi connectivity index (χ3n) is 6.01. The second kappa shape index (κ2) is 15.2. The Bertz CT molecular complexity index is 1150. The minimum Gasteiger partial charge on any atom is -0.497 e. The predicted octanol–water partition coefficient (Wildman–Crippen LogP) is 3.97. The van der Waals surface area contributed by atoms with Crippen molar-refractivity contribution >= 4 is 27.5 Å². The summed E-state index contributed by atoms with van der Waals surface area (Å²) >= 11 is 0. The van der Waals surface area contributed by atoms with Gasteiger partial charge in [0.1, 0.15) is 17.5 Å². The first kappa shape index (κ1) is 31.0. The molecule has 1 unspecified atom stereocenters. The molecular formula is C28H41N3O6S. The van der Waals surface area contributed by atoms with Crippen LogP contribution in [-0.2, 0) is 26.2 Å². The van der Waals surface area contributed by atoms with Gasteiger partial charge in [0.05, 0.1) is 25.7 Å². The first-order valence-corrected chi connectivity index (χ1v) is 14.9. The lowest BCUT2D eigenvalue weighted by molar-refractivity contribution is -0.141. The second-order valence-electron chi connectivity index (χ2n) is 8.93. The Morgan fingerprint density at radius 1 is 1.05 bits per heavy atom. The number of carbonyl (C=O) groups is 2.